The summed E-state index contributed by atoms with van der Waals surface area (Å²) in [7, 11) is 0. The first kappa shape index (κ1) is 14.5. The molecule has 1 heterocycles. The molecule has 112 valence electrons. The van der Waals surface area contributed by atoms with E-state index in [0.717, 1.165) is 17.2 Å². The van der Waals surface area contributed by atoms with Crippen LogP contribution in [0.3, 0.4) is 0 Å². The van der Waals surface area contributed by atoms with Crippen LogP contribution in [0.2, 0.25) is 0 Å². The molecule has 3 rings (SSSR count). The number of hydrogen-bond acceptors (Lipinski definition) is 5. The highest BCUT2D eigenvalue weighted by molar-refractivity contribution is 7.13. The summed E-state index contributed by atoms with van der Waals surface area (Å²) in [5, 5.41) is 13.2. The van der Waals surface area contributed by atoms with Gasteiger partial charge in [-0.1, -0.05) is 22.5 Å². The van der Waals surface area contributed by atoms with E-state index in [2.05, 4.69) is 48.4 Å². The van der Waals surface area contributed by atoms with Crippen molar-refractivity contribution >= 4 is 11.3 Å². The van der Waals surface area contributed by atoms with E-state index >= 15 is 0 Å². The topological polar surface area (TPSA) is 47.0 Å². The van der Waals surface area contributed by atoms with Crippen molar-refractivity contribution in [2.45, 2.75) is 52.1 Å². The van der Waals surface area contributed by atoms with Crippen molar-refractivity contribution in [3.05, 3.63) is 34.3 Å². The van der Waals surface area contributed by atoms with Crippen LogP contribution in [-0.2, 0) is 19.4 Å². The number of benzene rings is 1. The van der Waals surface area contributed by atoms with Gasteiger partial charge in [0.15, 0.2) is 0 Å². The first-order valence-electron chi connectivity index (χ1n) is 7.37. The number of fused-ring (bicyclic) bond motifs is 1. The summed E-state index contributed by atoms with van der Waals surface area (Å²) in [4.78, 5) is 0. The van der Waals surface area contributed by atoms with E-state index in [1.807, 2.05) is 6.07 Å². The van der Waals surface area contributed by atoms with Crippen molar-refractivity contribution in [3.8, 4) is 10.9 Å². The summed E-state index contributed by atoms with van der Waals surface area (Å²) in [5.41, 5.74) is 2.94. The maximum Gasteiger partial charge on any atom is 0.299 e. The van der Waals surface area contributed by atoms with Crippen molar-refractivity contribution in [1.82, 2.24) is 15.5 Å². The Balaban J connectivity index is 1.64. The third-order valence-electron chi connectivity index (χ3n) is 3.49. The molecule has 1 aliphatic rings. The van der Waals surface area contributed by atoms with E-state index in [4.69, 9.17) is 4.74 Å². The zero-order valence-electron chi connectivity index (χ0n) is 12.8. The predicted molar refractivity (Wildman–Crippen MR) is 85.0 cm³/mol. The minimum Gasteiger partial charge on any atom is -0.430 e. The van der Waals surface area contributed by atoms with Gasteiger partial charge in [0.1, 0.15) is 10.8 Å². The van der Waals surface area contributed by atoms with Crippen LogP contribution in [0.1, 0.15) is 43.3 Å². The molecule has 1 aliphatic carbocycles. The van der Waals surface area contributed by atoms with Crippen molar-refractivity contribution < 1.29 is 4.74 Å². The molecule has 0 saturated carbocycles. The van der Waals surface area contributed by atoms with Gasteiger partial charge in [-0.05, 0) is 63.3 Å². The highest BCUT2D eigenvalue weighted by Gasteiger charge is 2.14. The fourth-order valence-electron chi connectivity index (χ4n) is 2.40. The number of nitrogens with zero attached hydrogens (tertiary/aromatic N) is 2. The molecule has 5 heteroatoms. The smallest absolute Gasteiger partial charge is 0.299 e. The Morgan fingerprint density at radius 1 is 1.19 bits per heavy atom. The van der Waals surface area contributed by atoms with Gasteiger partial charge in [-0.15, -0.1) is 5.10 Å². The summed E-state index contributed by atoms with van der Waals surface area (Å²) >= 11 is 1.49. The lowest BCUT2D eigenvalue weighted by molar-refractivity contribution is 0.423. The Kier molecular flexibility index (Phi) is 3.95. The van der Waals surface area contributed by atoms with Crippen LogP contribution in [0.4, 0.5) is 0 Å². The minimum atomic E-state index is 0.0761. The Morgan fingerprint density at radius 3 is 2.81 bits per heavy atom. The summed E-state index contributed by atoms with van der Waals surface area (Å²) in [6, 6.07) is 6.33. The third-order valence-corrected chi connectivity index (χ3v) is 4.29. The second kappa shape index (κ2) is 5.73. The summed E-state index contributed by atoms with van der Waals surface area (Å²) in [5.74, 6) is 0.863. The van der Waals surface area contributed by atoms with Crippen molar-refractivity contribution in [3.63, 3.8) is 0 Å². The molecule has 0 atom stereocenters. The fraction of sp³-hybridized carbons (Fsp3) is 0.500. The van der Waals surface area contributed by atoms with Gasteiger partial charge in [-0.2, -0.15) is 0 Å². The van der Waals surface area contributed by atoms with Gasteiger partial charge in [-0.25, -0.2) is 0 Å². The van der Waals surface area contributed by atoms with Crippen LogP contribution in [0.5, 0.6) is 10.9 Å². The molecular formula is C16H21N3OS. The first-order chi connectivity index (χ1) is 9.99. The molecule has 0 aliphatic heterocycles. The quantitative estimate of drug-likeness (QED) is 0.935. The maximum absolute atomic E-state index is 5.83. The number of hydrogen-bond donors (Lipinski definition) is 1. The molecule has 1 aromatic carbocycles. The lowest BCUT2D eigenvalue weighted by Gasteiger charge is -2.19. The molecule has 0 saturated heterocycles. The molecule has 4 nitrogen and oxygen atoms in total. The van der Waals surface area contributed by atoms with Crippen LogP contribution >= 0.6 is 11.3 Å². The van der Waals surface area contributed by atoms with E-state index < -0.39 is 0 Å². The highest BCUT2D eigenvalue weighted by Crippen LogP contribution is 2.30. The molecule has 2 aromatic rings. The van der Waals surface area contributed by atoms with Gasteiger partial charge in [0, 0.05) is 5.54 Å². The van der Waals surface area contributed by atoms with Gasteiger partial charge >= 0.3 is 0 Å². The monoisotopic (exact) mass is 303 g/mol. The minimum absolute atomic E-state index is 0.0761. The van der Waals surface area contributed by atoms with Gasteiger partial charge < -0.3 is 10.1 Å². The van der Waals surface area contributed by atoms with Crippen LogP contribution in [-0.4, -0.2) is 15.7 Å². The summed E-state index contributed by atoms with van der Waals surface area (Å²) < 4.78 is 5.83. The Morgan fingerprint density at radius 2 is 2.00 bits per heavy atom. The first-order valence-corrected chi connectivity index (χ1v) is 8.18. The maximum atomic E-state index is 5.83. The normalized spacial score (nSPS) is 14.2. The molecule has 0 unspecified atom stereocenters. The highest BCUT2D eigenvalue weighted by atomic mass is 32.1. The average molecular weight is 303 g/mol. The predicted octanol–water partition coefficient (Wildman–Crippen LogP) is 3.71. The van der Waals surface area contributed by atoms with Crippen LogP contribution < -0.4 is 10.1 Å². The molecule has 0 amide bonds. The van der Waals surface area contributed by atoms with Gasteiger partial charge in [-0.3, -0.25) is 0 Å². The van der Waals surface area contributed by atoms with Gasteiger partial charge in [0.2, 0.25) is 0 Å². The van der Waals surface area contributed by atoms with Gasteiger partial charge in [0.25, 0.3) is 5.19 Å². The van der Waals surface area contributed by atoms with Crippen LogP contribution in [0, 0.1) is 0 Å². The number of rotatable bonds is 4. The number of nitrogens with one attached hydrogen (secondary N) is 1. The van der Waals surface area contributed by atoms with E-state index in [9.17, 15) is 0 Å². The molecule has 21 heavy (non-hydrogen) atoms. The van der Waals surface area contributed by atoms with E-state index in [1.54, 1.807) is 0 Å². The molecule has 0 bridgehead atoms. The lowest BCUT2D eigenvalue weighted by Crippen LogP contribution is -2.35. The Hall–Kier alpha value is -1.46. The standard InChI is InChI=1S/C16H21N3OS/c1-16(2,3)17-10-14-18-19-15(21-14)20-13-8-7-11-5-4-6-12(11)9-13/h7-9,17H,4-6,10H2,1-3H3. The largest absolute Gasteiger partial charge is 0.430 e. The second-order valence-electron chi connectivity index (χ2n) is 6.45. The van der Waals surface area contributed by atoms with E-state index in [-0.39, 0.29) is 5.54 Å². The zero-order chi connectivity index (χ0) is 14.9. The molecule has 0 radical (unpaired) electrons. The fourth-order valence-corrected chi connectivity index (χ4v) is 3.05. The third kappa shape index (κ3) is 3.80. The molecule has 1 N–H and O–H groups in total. The molecular weight excluding hydrogens is 282 g/mol. The van der Waals surface area contributed by atoms with Crippen LogP contribution in [0.15, 0.2) is 18.2 Å². The lowest BCUT2D eigenvalue weighted by atomic mass is 10.1. The molecule has 0 fully saturated rings. The number of ether oxygens (including phenoxy) is 1. The molecule has 0 spiro atoms. The van der Waals surface area contributed by atoms with Crippen LogP contribution in [0.25, 0.3) is 0 Å². The number of aromatic nitrogens is 2. The average Bonchev–Trinajstić information content (AvgIpc) is 3.04. The number of aryl methyl sites for hydroxylation is 2. The van der Waals surface area contributed by atoms with Gasteiger partial charge in [0.05, 0.1) is 6.54 Å². The Bertz CT molecular complexity index is 631. The summed E-state index contributed by atoms with van der Waals surface area (Å²) in [6.45, 7) is 7.12. The SMILES string of the molecule is CC(C)(C)NCc1nnc(Oc2ccc3c(c2)CCC3)s1. The van der Waals surface area contributed by atoms with Crippen molar-refractivity contribution in [2.75, 3.05) is 0 Å². The van der Waals surface area contributed by atoms with E-state index in [0.29, 0.717) is 11.7 Å². The van der Waals surface area contributed by atoms with E-state index in [1.165, 1.54) is 35.3 Å². The zero-order valence-corrected chi connectivity index (χ0v) is 13.6. The second-order valence-corrected chi connectivity index (χ2v) is 7.48. The Labute approximate surface area is 129 Å². The summed E-state index contributed by atoms with van der Waals surface area (Å²) in [6.07, 6.45) is 3.60. The van der Waals surface area contributed by atoms with Crippen molar-refractivity contribution in [1.29, 1.82) is 0 Å². The van der Waals surface area contributed by atoms with Crippen molar-refractivity contribution in [2.24, 2.45) is 0 Å². The molecule has 1 aromatic heterocycles.